The maximum Gasteiger partial charge on any atom is 0.407 e. The molecular weight excluding hydrogens is 471 g/mol. The van der Waals surface area contributed by atoms with Gasteiger partial charge in [-0.15, -0.1) is 24.0 Å². The zero-order chi connectivity index (χ0) is 20.3. The van der Waals surface area contributed by atoms with Gasteiger partial charge < -0.3 is 25.4 Å². The summed E-state index contributed by atoms with van der Waals surface area (Å²) in [4.78, 5) is 15.8. The molecule has 8 heteroatoms. The van der Waals surface area contributed by atoms with Crippen molar-refractivity contribution in [2.24, 2.45) is 4.99 Å². The minimum Gasteiger partial charge on any atom is -0.491 e. The molecule has 3 N–H and O–H groups in total. The van der Waals surface area contributed by atoms with E-state index in [1.807, 2.05) is 58.9 Å². The van der Waals surface area contributed by atoms with Gasteiger partial charge in [0.2, 0.25) is 0 Å². The highest BCUT2D eigenvalue weighted by molar-refractivity contribution is 14.0. The summed E-state index contributed by atoms with van der Waals surface area (Å²) >= 11 is 0. The molecule has 0 aromatic heterocycles. The Balaban J connectivity index is 0.00000729. The molecular formula is C20H35IN4O3. The second kappa shape index (κ2) is 13.5. The summed E-state index contributed by atoms with van der Waals surface area (Å²) < 4.78 is 10.8. The minimum atomic E-state index is -0.479. The highest BCUT2D eigenvalue weighted by atomic mass is 127. The Morgan fingerprint density at radius 2 is 1.68 bits per heavy atom. The fourth-order valence-corrected chi connectivity index (χ4v) is 2.16. The second-order valence-corrected chi connectivity index (χ2v) is 7.45. The van der Waals surface area contributed by atoms with Gasteiger partial charge >= 0.3 is 6.09 Å². The van der Waals surface area contributed by atoms with E-state index in [9.17, 15) is 4.79 Å². The van der Waals surface area contributed by atoms with Gasteiger partial charge in [0.1, 0.15) is 11.4 Å². The molecule has 1 aromatic rings. The van der Waals surface area contributed by atoms with Crippen LogP contribution in [0.5, 0.6) is 5.75 Å². The minimum absolute atomic E-state index is 0. The van der Waals surface area contributed by atoms with Crippen molar-refractivity contribution in [2.45, 2.75) is 59.3 Å². The first-order valence-electron chi connectivity index (χ1n) is 9.36. The molecule has 1 aromatic carbocycles. The third kappa shape index (κ3) is 12.6. The molecule has 0 atom stereocenters. The van der Waals surface area contributed by atoms with Crippen molar-refractivity contribution in [2.75, 3.05) is 20.1 Å². The van der Waals surface area contributed by atoms with Crippen LogP contribution in [-0.4, -0.2) is 43.9 Å². The molecule has 0 saturated carbocycles. The highest BCUT2D eigenvalue weighted by Crippen LogP contribution is 2.13. The van der Waals surface area contributed by atoms with Crippen molar-refractivity contribution in [1.29, 1.82) is 0 Å². The van der Waals surface area contributed by atoms with E-state index >= 15 is 0 Å². The van der Waals surface area contributed by atoms with Gasteiger partial charge in [-0.2, -0.15) is 0 Å². The van der Waals surface area contributed by atoms with E-state index in [1.165, 1.54) is 0 Å². The number of guanidine groups is 1. The van der Waals surface area contributed by atoms with Crippen molar-refractivity contribution in [3.05, 3.63) is 29.8 Å². The van der Waals surface area contributed by atoms with Crippen molar-refractivity contribution in [1.82, 2.24) is 16.0 Å². The summed E-state index contributed by atoms with van der Waals surface area (Å²) in [5.41, 5.74) is 0.661. The number of carbonyl (C=O) groups excluding carboxylic acids is 1. The molecule has 0 aliphatic heterocycles. The first kappa shape index (κ1) is 26.3. The molecule has 0 spiro atoms. The Morgan fingerprint density at radius 3 is 2.21 bits per heavy atom. The molecule has 0 unspecified atom stereocenters. The average molecular weight is 506 g/mol. The second-order valence-electron chi connectivity index (χ2n) is 7.45. The predicted octanol–water partition coefficient (Wildman–Crippen LogP) is 3.67. The number of carbonyl (C=O) groups is 1. The van der Waals surface area contributed by atoms with Crippen LogP contribution in [0.4, 0.5) is 4.79 Å². The lowest BCUT2D eigenvalue weighted by Gasteiger charge is -2.19. The summed E-state index contributed by atoms with van der Waals surface area (Å²) in [5.74, 6) is 1.59. The third-order valence-electron chi connectivity index (χ3n) is 3.29. The smallest absolute Gasteiger partial charge is 0.407 e. The number of amides is 1. The summed E-state index contributed by atoms with van der Waals surface area (Å²) in [6.07, 6.45) is 0.540. The van der Waals surface area contributed by atoms with Gasteiger partial charge in [0.05, 0.1) is 6.10 Å². The van der Waals surface area contributed by atoms with E-state index in [-0.39, 0.29) is 30.1 Å². The van der Waals surface area contributed by atoms with Crippen LogP contribution in [-0.2, 0) is 11.3 Å². The molecule has 0 heterocycles. The van der Waals surface area contributed by atoms with Crippen LogP contribution >= 0.6 is 24.0 Å². The maximum absolute atomic E-state index is 11.6. The zero-order valence-corrected chi connectivity index (χ0v) is 20.1. The maximum atomic E-state index is 11.6. The van der Waals surface area contributed by atoms with E-state index < -0.39 is 11.7 Å². The number of rotatable bonds is 8. The summed E-state index contributed by atoms with van der Waals surface area (Å²) in [7, 11) is 1.73. The van der Waals surface area contributed by atoms with Crippen LogP contribution in [0.1, 0.15) is 46.6 Å². The Labute approximate surface area is 186 Å². The number of nitrogens with one attached hydrogen (secondary N) is 3. The first-order chi connectivity index (χ1) is 12.7. The van der Waals surface area contributed by atoms with Crippen molar-refractivity contribution >= 4 is 36.0 Å². The molecule has 160 valence electrons. The van der Waals surface area contributed by atoms with Crippen LogP contribution in [0, 0.1) is 0 Å². The Hall–Kier alpha value is -1.71. The molecule has 0 saturated heterocycles. The van der Waals surface area contributed by atoms with Crippen LogP contribution in [0.15, 0.2) is 29.3 Å². The van der Waals surface area contributed by atoms with Gasteiger partial charge in [-0.3, -0.25) is 4.99 Å². The molecule has 0 bridgehead atoms. The van der Waals surface area contributed by atoms with Crippen molar-refractivity contribution in [3.8, 4) is 5.75 Å². The van der Waals surface area contributed by atoms with Gasteiger partial charge in [0.25, 0.3) is 0 Å². The number of nitrogens with zero attached hydrogens (tertiary/aromatic N) is 1. The summed E-state index contributed by atoms with van der Waals surface area (Å²) in [6.45, 7) is 11.4. The molecule has 0 fully saturated rings. The Morgan fingerprint density at radius 1 is 1.07 bits per heavy atom. The van der Waals surface area contributed by atoms with Crippen LogP contribution in [0.2, 0.25) is 0 Å². The van der Waals surface area contributed by atoms with E-state index in [0.717, 1.165) is 23.7 Å². The quantitative estimate of drug-likeness (QED) is 0.217. The molecule has 0 radical (unpaired) electrons. The normalized spacial score (nSPS) is 11.5. The van der Waals surface area contributed by atoms with E-state index in [0.29, 0.717) is 19.6 Å². The van der Waals surface area contributed by atoms with Gasteiger partial charge in [-0.05, 0) is 58.7 Å². The summed E-state index contributed by atoms with van der Waals surface area (Å²) in [5, 5.41) is 9.22. The molecule has 1 amide bonds. The Bertz CT molecular complexity index is 598. The van der Waals surface area contributed by atoms with E-state index in [1.54, 1.807) is 7.05 Å². The molecule has 0 aliphatic rings. The van der Waals surface area contributed by atoms with Gasteiger partial charge in [0.15, 0.2) is 5.96 Å². The van der Waals surface area contributed by atoms with Crippen LogP contribution in [0.25, 0.3) is 0 Å². The number of benzene rings is 1. The van der Waals surface area contributed by atoms with Crippen molar-refractivity contribution in [3.63, 3.8) is 0 Å². The monoisotopic (exact) mass is 506 g/mol. The number of hydrogen-bond donors (Lipinski definition) is 3. The topological polar surface area (TPSA) is 84.0 Å². The zero-order valence-electron chi connectivity index (χ0n) is 17.8. The van der Waals surface area contributed by atoms with E-state index in [4.69, 9.17) is 9.47 Å². The molecule has 28 heavy (non-hydrogen) atoms. The Kier molecular flexibility index (Phi) is 12.6. The largest absolute Gasteiger partial charge is 0.491 e. The van der Waals surface area contributed by atoms with Gasteiger partial charge in [-0.1, -0.05) is 12.1 Å². The highest BCUT2D eigenvalue weighted by Gasteiger charge is 2.15. The lowest BCUT2D eigenvalue weighted by molar-refractivity contribution is 0.0527. The average Bonchev–Trinajstić information content (AvgIpc) is 2.56. The van der Waals surface area contributed by atoms with Gasteiger partial charge in [0, 0.05) is 26.7 Å². The lowest BCUT2D eigenvalue weighted by atomic mass is 10.2. The summed E-state index contributed by atoms with van der Waals surface area (Å²) in [6, 6.07) is 8.00. The SMILES string of the molecule is CN=C(NCCCNC(=O)OC(C)(C)C)NCc1ccc(OC(C)C)cc1.I. The molecule has 0 aliphatic carbocycles. The number of halogens is 1. The standard InChI is InChI=1S/C20H34N4O3.HI/c1-15(2)26-17-10-8-16(9-11-17)14-24-18(21-6)22-12-7-13-23-19(25)27-20(3,4)5;/h8-11,15H,7,12-14H2,1-6H3,(H,23,25)(H2,21,22,24);1H. The van der Waals surface area contributed by atoms with Crippen molar-refractivity contribution < 1.29 is 14.3 Å². The number of hydrogen-bond acceptors (Lipinski definition) is 4. The lowest BCUT2D eigenvalue weighted by Crippen LogP contribution is -2.39. The number of ether oxygens (including phenoxy) is 2. The van der Waals surface area contributed by atoms with Crippen LogP contribution < -0.4 is 20.7 Å². The molecule has 1 rings (SSSR count). The third-order valence-corrected chi connectivity index (χ3v) is 3.29. The first-order valence-corrected chi connectivity index (χ1v) is 9.36. The van der Waals surface area contributed by atoms with E-state index in [2.05, 4.69) is 20.9 Å². The number of alkyl carbamates (subject to hydrolysis) is 1. The fourth-order valence-electron chi connectivity index (χ4n) is 2.16. The van der Waals surface area contributed by atoms with Crippen LogP contribution in [0.3, 0.4) is 0 Å². The van der Waals surface area contributed by atoms with Gasteiger partial charge in [-0.25, -0.2) is 4.79 Å². The predicted molar refractivity (Wildman–Crippen MR) is 125 cm³/mol. The molecule has 7 nitrogen and oxygen atoms in total. The number of aliphatic imine (C=N–C) groups is 1. The fraction of sp³-hybridized carbons (Fsp3) is 0.600.